The van der Waals surface area contributed by atoms with Crippen LogP contribution in [0.4, 0.5) is 5.69 Å². The van der Waals surface area contributed by atoms with E-state index in [4.69, 9.17) is 16.1 Å². The summed E-state index contributed by atoms with van der Waals surface area (Å²) in [5, 5.41) is 18.4. The molecule has 0 aliphatic carbocycles. The summed E-state index contributed by atoms with van der Waals surface area (Å²) in [6.45, 7) is 4.05. The molecule has 8 heteroatoms. The van der Waals surface area contributed by atoms with Crippen LogP contribution < -0.4 is 10.2 Å². The Hall–Kier alpha value is -3.73. The van der Waals surface area contributed by atoms with Crippen molar-refractivity contribution in [2.75, 3.05) is 4.90 Å². The molecule has 5 rings (SSSR count). The summed E-state index contributed by atoms with van der Waals surface area (Å²) in [7, 11) is 0. The lowest BCUT2D eigenvalue weighted by molar-refractivity contribution is -0.118. The number of benzene rings is 3. The van der Waals surface area contributed by atoms with Gasteiger partial charge in [-0.3, -0.25) is 4.79 Å². The van der Waals surface area contributed by atoms with Crippen LogP contribution in [0.2, 0.25) is 5.02 Å². The van der Waals surface area contributed by atoms with Crippen LogP contribution in [0, 0.1) is 25.2 Å². The van der Waals surface area contributed by atoms with Crippen LogP contribution in [-0.4, -0.2) is 11.1 Å². The predicted molar refractivity (Wildman–Crippen MR) is 135 cm³/mol. The number of nitrogens with one attached hydrogen (secondary N) is 1. The summed E-state index contributed by atoms with van der Waals surface area (Å²) in [6.07, 6.45) is -0.587. The van der Waals surface area contributed by atoms with E-state index < -0.39 is 12.1 Å². The van der Waals surface area contributed by atoms with Crippen molar-refractivity contribution in [3.63, 3.8) is 0 Å². The van der Waals surface area contributed by atoms with Crippen LogP contribution in [0.15, 0.2) is 75.8 Å². The van der Waals surface area contributed by atoms with Crippen LogP contribution in [0.25, 0.3) is 22.2 Å². The molecule has 4 aromatic rings. The smallest absolute Gasteiger partial charge is 0.266 e. The fourth-order valence-corrected chi connectivity index (χ4v) is 4.53. The number of carbonyl (C=O) groups excluding carboxylic acids is 1. The molecule has 1 aliphatic heterocycles. The highest BCUT2D eigenvalue weighted by atomic mass is 35.5. The number of hydrogen-bond acceptors (Lipinski definition) is 6. The zero-order chi connectivity index (χ0) is 24.0. The van der Waals surface area contributed by atoms with Crippen molar-refractivity contribution in [2.24, 2.45) is 0 Å². The molecule has 1 aliphatic rings. The normalized spacial score (nSPS) is 16.0. The third-order valence-electron chi connectivity index (χ3n) is 6.01. The molecule has 1 N–H and O–H groups in total. The van der Waals surface area contributed by atoms with Crippen molar-refractivity contribution in [1.29, 1.82) is 5.26 Å². The number of nitriles is 1. The molecule has 0 radical (unpaired) electrons. The molecule has 168 valence electrons. The number of fused-ring (bicyclic) bond motifs is 1. The van der Waals surface area contributed by atoms with Crippen LogP contribution in [-0.2, 0) is 4.79 Å². The molecule has 1 amide bonds. The zero-order valence-electron chi connectivity index (χ0n) is 18.3. The lowest BCUT2D eigenvalue weighted by Crippen LogP contribution is -2.46. The van der Waals surface area contributed by atoms with Crippen LogP contribution in [0.5, 0.6) is 0 Å². The first-order valence-corrected chi connectivity index (χ1v) is 11.4. The van der Waals surface area contributed by atoms with E-state index >= 15 is 0 Å². The number of hydrogen-bond donors (Lipinski definition) is 2. The second kappa shape index (κ2) is 8.56. The van der Waals surface area contributed by atoms with Gasteiger partial charge in [0.1, 0.15) is 23.3 Å². The van der Waals surface area contributed by atoms with E-state index in [-0.39, 0.29) is 5.57 Å². The number of aryl methyl sites for hydroxylation is 2. The van der Waals surface area contributed by atoms with E-state index in [0.29, 0.717) is 21.3 Å². The molecule has 1 atom stereocenters. The number of thiol groups is 1. The quantitative estimate of drug-likeness (QED) is 0.344. The Balaban J connectivity index is 1.66. The Bertz CT molecular complexity index is 1520. The van der Waals surface area contributed by atoms with Gasteiger partial charge in [0, 0.05) is 16.3 Å². The van der Waals surface area contributed by atoms with Gasteiger partial charge in [-0.1, -0.05) is 28.9 Å². The monoisotopic (exact) mass is 486 g/mol. The van der Waals surface area contributed by atoms with Crippen molar-refractivity contribution in [3.8, 4) is 17.4 Å². The molecule has 0 saturated heterocycles. The third-order valence-corrected chi connectivity index (χ3v) is 6.70. The summed E-state index contributed by atoms with van der Waals surface area (Å²) >= 11 is 10.6. The van der Waals surface area contributed by atoms with Crippen molar-refractivity contribution in [3.05, 3.63) is 93.0 Å². The fourth-order valence-electron chi connectivity index (χ4n) is 4.02. The number of nitrogens with zero attached hydrogens (tertiary/aromatic N) is 3. The number of aromatic nitrogens is 1. The maximum Gasteiger partial charge on any atom is 0.266 e. The largest absolute Gasteiger partial charge is 0.355 e. The molecular weight excluding hydrogens is 468 g/mol. The first-order chi connectivity index (χ1) is 16.4. The molecule has 1 aromatic heterocycles. The van der Waals surface area contributed by atoms with Gasteiger partial charge < -0.3 is 14.7 Å². The molecule has 6 nitrogen and oxygen atoms in total. The van der Waals surface area contributed by atoms with Gasteiger partial charge in [-0.05, 0) is 79.1 Å². The first kappa shape index (κ1) is 22.1. The van der Waals surface area contributed by atoms with Crippen LogP contribution in [0.1, 0.15) is 22.9 Å². The summed E-state index contributed by atoms with van der Waals surface area (Å²) < 4.78 is 5.64. The van der Waals surface area contributed by atoms with Crippen molar-refractivity contribution >= 4 is 46.7 Å². The minimum absolute atomic E-state index is 0.0364. The number of amides is 1. The molecule has 2 heterocycles. The third kappa shape index (κ3) is 3.71. The summed E-state index contributed by atoms with van der Waals surface area (Å²) in [4.78, 5) is 14.6. The maximum atomic E-state index is 12.7. The van der Waals surface area contributed by atoms with Gasteiger partial charge in [0.15, 0.2) is 5.76 Å². The lowest BCUT2D eigenvalue weighted by Gasteiger charge is -2.38. The number of carbonyl (C=O) groups is 1. The fraction of sp³-hybridized carbons (Fsp3) is 0.115. The highest BCUT2D eigenvalue weighted by Crippen LogP contribution is 2.38. The summed E-state index contributed by atoms with van der Waals surface area (Å²) in [5.74, 6) is 0.133. The SMILES string of the molecule is Cc1ccc(N2C(S)=C(C#N)C(=O)NC2c2ccc3noc(-c4ccc(Cl)cc4)c3c2)cc1C. The van der Waals surface area contributed by atoms with Crippen molar-refractivity contribution < 1.29 is 9.32 Å². The Kier molecular flexibility index (Phi) is 5.56. The van der Waals surface area contributed by atoms with Crippen molar-refractivity contribution in [1.82, 2.24) is 10.5 Å². The van der Waals surface area contributed by atoms with E-state index in [1.54, 1.807) is 12.1 Å². The van der Waals surface area contributed by atoms with Crippen LogP contribution in [0.3, 0.4) is 0 Å². The molecule has 0 fully saturated rings. The second-order valence-electron chi connectivity index (χ2n) is 8.12. The van der Waals surface area contributed by atoms with E-state index in [0.717, 1.165) is 33.3 Å². The van der Waals surface area contributed by atoms with E-state index in [2.05, 4.69) is 23.1 Å². The minimum Gasteiger partial charge on any atom is -0.355 e. The number of halogens is 1. The standard InChI is InChI=1S/C26H19ClN4O2S/c1-14-3-9-19(11-15(14)2)31-24(29-25(32)21(13-28)26(31)34)17-6-10-22-20(12-17)23(33-30-22)16-4-7-18(27)8-5-16/h3-12,24,34H,1-2H3,(H,29,32). The van der Waals surface area contributed by atoms with E-state index in [9.17, 15) is 10.1 Å². The van der Waals surface area contributed by atoms with Gasteiger partial charge in [0.05, 0.1) is 10.4 Å². The molecular formula is C26H19ClN4O2S. The van der Waals surface area contributed by atoms with Gasteiger partial charge in [-0.2, -0.15) is 5.26 Å². The molecule has 0 spiro atoms. The van der Waals surface area contributed by atoms with Gasteiger partial charge in [-0.15, -0.1) is 12.6 Å². The number of rotatable bonds is 3. The van der Waals surface area contributed by atoms with Gasteiger partial charge in [-0.25, -0.2) is 0 Å². The lowest BCUT2D eigenvalue weighted by atomic mass is 10.0. The molecule has 0 saturated carbocycles. The zero-order valence-corrected chi connectivity index (χ0v) is 20.0. The molecule has 0 bridgehead atoms. The average Bonchev–Trinajstić information content (AvgIpc) is 3.25. The van der Waals surface area contributed by atoms with E-state index in [1.165, 1.54) is 0 Å². The molecule has 34 heavy (non-hydrogen) atoms. The Labute approximate surface area is 206 Å². The highest BCUT2D eigenvalue weighted by Gasteiger charge is 2.34. The maximum absolute atomic E-state index is 12.7. The van der Waals surface area contributed by atoms with Gasteiger partial charge in [0.25, 0.3) is 5.91 Å². The minimum atomic E-state index is -0.587. The second-order valence-corrected chi connectivity index (χ2v) is 8.98. The average molecular weight is 487 g/mol. The Morgan fingerprint density at radius 1 is 1.09 bits per heavy atom. The predicted octanol–water partition coefficient (Wildman–Crippen LogP) is 6.07. The van der Waals surface area contributed by atoms with E-state index in [1.807, 2.05) is 73.3 Å². The Morgan fingerprint density at radius 2 is 1.85 bits per heavy atom. The molecule has 3 aromatic carbocycles. The summed E-state index contributed by atoms with van der Waals surface area (Å²) in [6, 6.07) is 20.9. The van der Waals surface area contributed by atoms with Crippen molar-refractivity contribution in [2.45, 2.75) is 20.0 Å². The topological polar surface area (TPSA) is 82.2 Å². The van der Waals surface area contributed by atoms with Crippen LogP contribution >= 0.6 is 24.2 Å². The van der Waals surface area contributed by atoms with Gasteiger partial charge in [0.2, 0.25) is 0 Å². The molecule has 1 unspecified atom stereocenters. The number of anilines is 1. The first-order valence-electron chi connectivity index (χ1n) is 10.5. The Morgan fingerprint density at radius 3 is 2.56 bits per heavy atom. The van der Waals surface area contributed by atoms with Gasteiger partial charge >= 0.3 is 0 Å². The highest BCUT2D eigenvalue weighted by molar-refractivity contribution is 7.84. The summed E-state index contributed by atoms with van der Waals surface area (Å²) in [5.41, 5.74) is 5.33.